The summed E-state index contributed by atoms with van der Waals surface area (Å²) in [4.78, 5) is 3.72. The van der Waals surface area contributed by atoms with Crippen LogP contribution in [-0.2, 0) is 0 Å². The maximum Gasteiger partial charge on any atom is 0.133 e. The van der Waals surface area contributed by atoms with Gasteiger partial charge in [-0.05, 0) is 16.5 Å². The summed E-state index contributed by atoms with van der Waals surface area (Å²) in [5.74, 6) is 0. The number of fused-ring (bicyclic) bond motifs is 1. The molecule has 0 saturated heterocycles. The van der Waals surface area contributed by atoms with Gasteiger partial charge in [-0.1, -0.05) is 0 Å². The second kappa shape index (κ2) is 1.94. The Morgan fingerprint density at radius 1 is 1.10 bits per heavy atom. The molecular weight excluding hydrogens is 130 g/mol. The minimum Gasteiger partial charge on any atom is -0.252 e. The van der Waals surface area contributed by atoms with E-state index < -0.39 is 0 Å². The largest absolute Gasteiger partial charge is 0.252 e. The van der Waals surface area contributed by atoms with Gasteiger partial charge in [0.2, 0.25) is 0 Å². The first-order valence-corrected chi connectivity index (χ1v) is 2.65. The Labute approximate surface area is 56.1 Å². The van der Waals surface area contributed by atoms with Crippen molar-refractivity contribution in [3.63, 3.8) is 0 Å². The molecule has 0 atom stereocenters. The van der Waals surface area contributed by atoms with E-state index in [9.17, 15) is 0 Å². The second-order valence-corrected chi connectivity index (χ2v) is 1.68. The highest BCUT2D eigenvalue weighted by Crippen LogP contribution is 1.99. The molecule has 0 aromatic carbocycles. The van der Waals surface area contributed by atoms with E-state index in [-0.39, 0.29) is 0 Å². The molecule has 0 amide bonds. The number of pyridine rings is 1. The van der Waals surface area contributed by atoms with Gasteiger partial charge in [0.1, 0.15) is 11.0 Å². The third kappa shape index (κ3) is 0.680. The molecular formula is C5H2N5. The van der Waals surface area contributed by atoms with Gasteiger partial charge < -0.3 is 0 Å². The molecule has 5 heteroatoms. The maximum absolute atomic E-state index is 3.72. The first kappa shape index (κ1) is 5.16. The summed E-state index contributed by atoms with van der Waals surface area (Å²) in [7, 11) is 0. The zero-order chi connectivity index (χ0) is 6.81. The molecule has 0 bridgehead atoms. The van der Waals surface area contributed by atoms with Gasteiger partial charge in [0.05, 0.1) is 12.4 Å². The standard InChI is InChI=1S/C5H2N5/c1-2-6-3-5-4(1)7-9-10-8-5/h1,3H. The first-order chi connectivity index (χ1) is 4.97. The smallest absolute Gasteiger partial charge is 0.133 e. The minimum atomic E-state index is 0.633. The highest BCUT2D eigenvalue weighted by molar-refractivity contribution is 5.70. The Balaban J connectivity index is 2.89. The Morgan fingerprint density at radius 3 is 2.70 bits per heavy atom. The van der Waals surface area contributed by atoms with E-state index in [4.69, 9.17) is 0 Å². The molecule has 0 spiro atoms. The van der Waals surface area contributed by atoms with Crippen LogP contribution in [0.1, 0.15) is 0 Å². The van der Waals surface area contributed by atoms with E-state index in [0.717, 1.165) is 0 Å². The first-order valence-electron chi connectivity index (χ1n) is 2.65. The van der Waals surface area contributed by atoms with Crippen LogP contribution in [0.3, 0.4) is 0 Å². The van der Waals surface area contributed by atoms with Crippen LogP contribution in [0.5, 0.6) is 0 Å². The van der Waals surface area contributed by atoms with Gasteiger partial charge in [0.15, 0.2) is 0 Å². The van der Waals surface area contributed by atoms with Crippen LogP contribution in [0.2, 0.25) is 0 Å². The number of hydrogen-bond acceptors (Lipinski definition) is 5. The summed E-state index contributed by atoms with van der Waals surface area (Å²) in [6, 6.07) is 1.61. The lowest BCUT2D eigenvalue weighted by Crippen LogP contribution is -1.91. The molecule has 10 heavy (non-hydrogen) atoms. The highest BCUT2D eigenvalue weighted by Gasteiger charge is 1.92. The third-order valence-corrected chi connectivity index (χ3v) is 1.07. The van der Waals surface area contributed by atoms with Crippen LogP contribution in [-0.4, -0.2) is 25.6 Å². The molecule has 0 aliphatic rings. The molecule has 0 N–H and O–H groups in total. The fourth-order valence-electron chi connectivity index (χ4n) is 0.630. The Morgan fingerprint density at radius 2 is 1.90 bits per heavy atom. The van der Waals surface area contributed by atoms with Gasteiger partial charge in [0, 0.05) is 0 Å². The molecule has 0 saturated carbocycles. The van der Waals surface area contributed by atoms with Crippen molar-refractivity contribution in [2.75, 3.05) is 0 Å². The van der Waals surface area contributed by atoms with Crippen molar-refractivity contribution in [3.8, 4) is 0 Å². The molecule has 2 aromatic rings. The van der Waals surface area contributed by atoms with Crippen molar-refractivity contribution in [2.24, 2.45) is 0 Å². The normalized spacial score (nSPS) is 10.0. The van der Waals surface area contributed by atoms with E-state index in [0.29, 0.717) is 11.0 Å². The van der Waals surface area contributed by atoms with Gasteiger partial charge >= 0.3 is 0 Å². The fourth-order valence-corrected chi connectivity index (χ4v) is 0.630. The van der Waals surface area contributed by atoms with E-state index in [2.05, 4.69) is 31.8 Å². The maximum atomic E-state index is 3.72. The molecule has 0 unspecified atom stereocenters. The lowest BCUT2D eigenvalue weighted by Gasteiger charge is -1.86. The van der Waals surface area contributed by atoms with Crippen molar-refractivity contribution < 1.29 is 0 Å². The van der Waals surface area contributed by atoms with E-state index >= 15 is 0 Å². The number of nitrogens with zero attached hydrogens (tertiary/aromatic N) is 5. The lowest BCUT2D eigenvalue weighted by molar-refractivity contribution is 0.795. The molecule has 1 radical (unpaired) electrons. The van der Waals surface area contributed by atoms with E-state index in [1.54, 1.807) is 6.07 Å². The molecule has 2 rings (SSSR count). The summed E-state index contributed by atoms with van der Waals surface area (Å²) in [6.07, 6.45) is 4.15. The van der Waals surface area contributed by atoms with Gasteiger partial charge in [-0.2, -0.15) is 0 Å². The predicted molar refractivity (Wildman–Crippen MR) is 31.8 cm³/mol. The van der Waals surface area contributed by atoms with Crippen molar-refractivity contribution >= 4 is 11.0 Å². The zero-order valence-corrected chi connectivity index (χ0v) is 4.89. The molecule has 47 valence electrons. The number of hydrogen-bond donors (Lipinski definition) is 0. The minimum absolute atomic E-state index is 0.633. The van der Waals surface area contributed by atoms with Crippen molar-refractivity contribution in [2.45, 2.75) is 0 Å². The lowest BCUT2D eigenvalue weighted by atomic mass is 10.4. The number of rotatable bonds is 0. The van der Waals surface area contributed by atoms with Crippen LogP contribution in [0.25, 0.3) is 11.0 Å². The summed E-state index contributed by atoms with van der Waals surface area (Å²) in [6.45, 7) is 0. The predicted octanol–water partition coefficient (Wildman–Crippen LogP) is -0.385. The monoisotopic (exact) mass is 132 g/mol. The van der Waals surface area contributed by atoms with Gasteiger partial charge in [-0.15, -0.1) is 10.2 Å². The van der Waals surface area contributed by atoms with Crippen LogP contribution in [0.15, 0.2) is 12.3 Å². The quantitative estimate of drug-likeness (QED) is 0.488. The second-order valence-electron chi connectivity index (χ2n) is 1.68. The van der Waals surface area contributed by atoms with E-state index in [1.165, 1.54) is 6.20 Å². The molecule has 0 aliphatic heterocycles. The van der Waals surface area contributed by atoms with E-state index in [1.807, 2.05) is 0 Å². The van der Waals surface area contributed by atoms with Crippen LogP contribution in [0, 0.1) is 6.20 Å². The topological polar surface area (TPSA) is 64.5 Å². The fraction of sp³-hybridized carbons (Fsp3) is 0. The zero-order valence-electron chi connectivity index (χ0n) is 4.89. The SMILES string of the molecule is [c]1cc2nnnnc2cn1. The Kier molecular flexibility index (Phi) is 1.00. The number of aromatic nitrogens is 5. The van der Waals surface area contributed by atoms with Crippen LogP contribution in [0.4, 0.5) is 0 Å². The van der Waals surface area contributed by atoms with Crippen molar-refractivity contribution in [3.05, 3.63) is 18.5 Å². The Bertz CT molecular complexity index is 281. The van der Waals surface area contributed by atoms with Crippen molar-refractivity contribution in [1.29, 1.82) is 0 Å². The molecule has 2 aromatic heterocycles. The summed E-state index contributed by atoms with van der Waals surface area (Å²) in [5.41, 5.74) is 1.29. The molecule has 0 fully saturated rings. The van der Waals surface area contributed by atoms with Crippen LogP contribution < -0.4 is 0 Å². The third-order valence-electron chi connectivity index (χ3n) is 1.07. The van der Waals surface area contributed by atoms with Gasteiger partial charge in [-0.3, -0.25) is 4.98 Å². The Hall–Kier alpha value is -1.65. The average molecular weight is 132 g/mol. The summed E-state index contributed by atoms with van der Waals surface area (Å²) < 4.78 is 0. The van der Waals surface area contributed by atoms with Gasteiger partial charge in [-0.25, -0.2) is 0 Å². The average Bonchev–Trinajstić information content (AvgIpc) is 2.05. The van der Waals surface area contributed by atoms with Crippen LogP contribution >= 0.6 is 0 Å². The van der Waals surface area contributed by atoms with Gasteiger partial charge in [0.25, 0.3) is 0 Å². The van der Waals surface area contributed by atoms with Crippen molar-refractivity contribution in [1.82, 2.24) is 25.6 Å². The summed E-state index contributed by atoms with van der Waals surface area (Å²) >= 11 is 0. The molecule has 2 heterocycles. The highest BCUT2D eigenvalue weighted by atomic mass is 15.4. The molecule has 0 aliphatic carbocycles. The molecule has 5 nitrogen and oxygen atoms in total. The summed E-state index contributed by atoms with van der Waals surface area (Å²) in [5, 5.41) is 14.1.